The van der Waals surface area contributed by atoms with Crippen LogP contribution in [0.2, 0.25) is 0 Å². The van der Waals surface area contributed by atoms with E-state index in [-0.39, 0.29) is 17.9 Å². The molecule has 0 bridgehead atoms. The van der Waals surface area contributed by atoms with Crippen molar-refractivity contribution in [1.82, 2.24) is 20.2 Å². The second kappa shape index (κ2) is 9.30. The molecule has 0 aliphatic carbocycles. The number of benzene rings is 1. The average Bonchev–Trinajstić information content (AvgIpc) is 3.22. The number of hydrogen-bond acceptors (Lipinski definition) is 6. The number of anilines is 2. The van der Waals surface area contributed by atoms with E-state index in [1.165, 1.54) is 0 Å². The lowest BCUT2D eigenvalue weighted by Gasteiger charge is -2.37. The maximum absolute atomic E-state index is 13.2. The van der Waals surface area contributed by atoms with Crippen LogP contribution in [0.3, 0.4) is 0 Å². The molecule has 4 rings (SSSR count). The van der Waals surface area contributed by atoms with Gasteiger partial charge in [-0.15, -0.1) is 0 Å². The molecule has 1 atom stereocenters. The van der Waals surface area contributed by atoms with Crippen LogP contribution in [0.1, 0.15) is 13.8 Å². The Kier molecular flexibility index (Phi) is 6.31. The maximum Gasteiger partial charge on any atom is 0.319 e. The number of pyridine rings is 1. The molecule has 2 aromatic heterocycles. The van der Waals surface area contributed by atoms with Crippen molar-refractivity contribution in [2.45, 2.75) is 19.9 Å². The summed E-state index contributed by atoms with van der Waals surface area (Å²) in [6, 6.07) is 12.1. The zero-order valence-electron chi connectivity index (χ0n) is 17.6. The Balaban J connectivity index is 1.35. The monoisotopic (exact) mass is 438 g/mol. The van der Waals surface area contributed by atoms with Crippen LogP contribution in [-0.2, 0) is 4.79 Å². The molecule has 3 amide bonds. The summed E-state index contributed by atoms with van der Waals surface area (Å²) in [7, 11) is 0. The summed E-state index contributed by atoms with van der Waals surface area (Å²) in [5, 5.41) is 6.57. The number of nitrogens with zero attached hydrogens (tertiary/aromatic N) is 4. The van der Waals surface area contributed by atoms with E-state index in [1.54, 1.807) is 17.5 Å². The number of urea groups is 1. The van der Waals surface area contributed by atoms with E-state index in [0.29, 0.717) is 31.9 Å². The fraction of sp³-hybridized carbons (Fsp3) is 0.364. The van der Waals surface area contributed by atoms with Gasteiger partial charge < -0.3 is 20.4 Å². The van der Waals surface area contributed by atoms with E-state index in [9.17, 15) is 9.59 Å². The molecule has 1 saturated heterocycles. The van der Waals surface area contributed by atoms with E-state index < -0.39 is 6.04 Å². The first-order valence-electron chi connectivity index (χ1n) is 10.4. The van der Waals surface area contributed by atoms with Crippen LogP contribution in [-0.4, -0.2) is 59.0 Å². The van der Waals surface area contributed by atoms with E-state index in [1.807, 2.05) is 61.2 Å². The second-order valence-electron chi connectivity index (χ2n) is 7.82. The summed E-state index contributed by atoms with van der Waals surface area (Å²) in [4.78, 5) is 39.5. The number of fused-ring (bicyclic) bond motifs is 1. The third kappa shape index (κ3) is 4.93. The highest BCUT2D eigenvalue weighted by Gasteiger charge is 2.31. The third-order valence-corrected chi connectivity index (χ3v) is 6.31. The molecule has 0 saturated carbocycles. The van der Waals surface area contributed by atoms with Gasteiger partial charge in [-0.25, -0.2) is 14.8 Å². The summed E-state index contributed by atoms with van der Waals surface area (Å²) in [6.45, 7) is 6.46. The predicted molar refractivity (Wildman–Crippen MR) is 123 cm³/mol. The highest BCUT2D eigenvalue weighted by molar-refractivity contribution is 7.21. The lowest BCUT2D eigenvalue weighted by atomic mass is 10.0. The van der Waals surface area contributed by atoms with Gasteiger partial charge in [0.1, 0.15) is 16.4 Å². The maximum atomic E-state index is 13.2. The van der Waals surface area contributed by atoms with Gasteiger partial charge in [0.2, 0.25) is 5.91 Å². The van der Waals surface area contributed by atoms with Crippen LogP contribution in [0.5, 0.6) is 0 Å². The fourth-order valence-electron chi connectivity index (χ4n) is 3.55. The van der Waals surface area contributed by atoms with Crippen LogP contribution >= 0.6 is 11.3 Å². The number of amides is 3. The molecule has 0 radical (unpaired) electrons. The Morgan fingerprint density at radius 3 is 2.45 bits per heavy atom. The SMILES string of the molecule is CC(C)C(NC(=O)Nc1ccccc1)C(=O)N1CCN(c2nc3cccnc3s2)CC1. The molecule has 1 unspecified atom stereocenters. The lowest BCUT2D eigenvalue weighted by Crippen LogP contribution is -2.57. The Morgan fingerprint density at radius 2 is 1.77 bits per heavy atom. The molecule has 1 fully saturated rings. The first-order valence-corrected chi connectivity index (χ1v) is 11.2. The summed E-state index contributed by atoms with van der Waals surface area (Å²) >= 11 is 1.57. The van der Waals surface area contributed by atoms with Gasteiger partial charge in [-0.05, 0) is 30.2 Å². The molecular formula is C22H26N6O2S. The van der Waals surface area contributed by atoms with Crippen LogP contribution in [0.4, 0.5) is 15.6 Å². The van der Waals surface area contributed by atoms with Gasteiger partial charge in [-0.1, -0.05) is 43.4 Å². The molecule has 1 aliphatic rings. The Labute approximate surface area is 185 Å². The highest BCUT2D eigenvalue weighted by Crippen LogP contribution is 2.27. The predicted octanol–water partition coefficient (Wildman–Crippen LogP) is 3.19. The molecular weight excluding hydrogens is 412 g/mol. The van der Waals surface area contributed by atoms with Crippen molar-refractivity contribution in [3.63, 3.8) is 0 Å². The van der Waals surface area contributed by atoms with Crippen LogP contribution < -0.4 is 15.5 Å². The Hall–Kier alpha value is -3.20. The summed E-state index contributed by atoms with van der Waals surface area (Å²) in [5.41, 5.74) is 1.59. The molecule has 9 heteroatoms. The minimum atomic E-state index is -0.582. The number of nitrogens with one attached hydrogen (secondary N) is 2. The number of thiazole rings is 1. The van der Waals surface area contributed by atoms with Crippen molar-refractivity contribution in [1.29, 1.82) is 0 Å². The van der Waals surface area contributed by atoms with E-state index in [0.717, 1.165) is 15.5 Å². The van der Waals surface area contributed by atoms with E-state index in [2.05, 4.69) is 25.5 Å². The van der Waals surface area contributed by atoms with E-state index in [4.69, 9.17) is 0 Å². The summed E-state index contributed by atoms with van der Waals surface area (Å²) in [5.74, 6) is -0.0776. The van der Waals surface area contributed by atoms with Gasteiger partial charge in [-0.2, -0.15) is 0 Å². The van der Waals surface area contributed by atoms with E-state index >= 15 is 0 Å². The molecule has 8 nitrogen and oxygen atoms in total. The molecule has 31 heavy (non-hydrogen) atoms. The topological polar surface area (TPSA) is 90.5 Å². The van der Waals surface area contributed by atoms with Gasteiger partial charge in [-0.3, -0.25) is 4.79 Å². The number of carbonyl (C=O) groups excluding carboxylic acids is 2. The summed E-state index contributed by atoms with van der Waals surface area (Å²) < 4.78 is 0. The molecule has 3 aromatic rings. The first-order chi connectivity index (χ1) is 15.0. The molecule has 3 heterocycles. The molecule has 162 valence electrons. The van der Waals surface area contributed by atoms with Crippen molar-refractivity contribution in [2.24, 2.45) is 5.92 Å². The van der Waals surface area contributed by atoms with Crippen molar-refractivity contribution in [3.05, 3.63) is 48.7 Å². The number of hydrogen-bond donors (Lipinski definition) is 2. The lowest BCUT2D eigenvalue weighted by molar-refractivity contribution is -0.134. The largest absolute Gasteiger partial charge is 0.344 e. The van der Waals surface area contributed by atoms with Crippen LogP contribution in [0.15, 0.2) is 48.7 Å². The number of carbonyl (C=O) groups is 2. The number of aromatic nitrogens is 2. The minimum Gasteiger partial charge on any atom is -0.344 e. The Bertz CT molecular complexity index is 1010. The number of piperazine rings is 1. The molecule has 2 N–H and O–H groups in total. The normalized spacial score (nSPS) is 15.2. The van der Waals surface area contributed by atoms with Crippen molar-refractivity contribution in [2.75, 3.05) is 36.4 Å². The standard InChI is InChI=1S/C22H26N6O2S/c1-15(2)18(26-21(30)24-16-7-4-3-5-8-16)20(29)27-11-13-28(14-12-27)22-25-17-9-6-10-23-19(17)31-22/h3-10,15,18H,11-14H2,1-2H3,(H2,24,26,30). The summed E-state index contributed by atoms with van der Waals surface area (Å²) in [6.07, 6.45) is 1.77. The van der Waals surface area contributed by atoms with Gasteiger partial charge in [0.15, 0.2) is 5.13 Å². The molecule has 1 aliphatic heterocycles. The van der Waals surface area contributed by atoms with Crippen molar-refractivity contribution >= 4 is 44.4 Å². The zero-order chi connectivity index (χ0) is 21.8. The minimum absolute atomic E-state index is 0.0256. The van der Waals surface area contributed by atoms with Crippen LogP contribution in [0, 0.1) is 5.92 Å². The second-order valence-corrected chi connectivity index (χ2v) is 8.78. The van der Waals surface area contributed by atoms with Crippen molar-refractivity contribution in [3.8, 4) is 0 Å². The van der Waals surface area contributed by atoms with Gasteiger partial charge in [0.05, 0.1) is 0 Å². The molecule has 0 spiro atoms. The smallest absolute Gasteiger partial charge is 0.319 e. The van der Waals surface area contributed by atoms with Crippen LogP contribution in [0.25, 0.3) is 10.3 Å². The number of para-hydroxylation sites is 1. The Morgan fingerprint density at radius 1 is 1.03 bits per heavy atom. The van der Waals surface area contributed by atoms with Crippen molar-refractivity contribution < 1.29 is 9.59 Å². The van der Waals surface area contributed by atoms with Gasteiger partial charge in [0, 0.05) is 38.1 Å². The zero-order valence-corrected chi connectivity index (χ0v) is 18.4. The molecule has 1 aromatic carbocycles. The average molecular weight is 439 g/mol. The number of rotatable bonds is 5. The van der Waals surface area contributed by atoms with Gasteiger partial charge >= 0.3 is 6.03 Å². The first kappa shape index (κ1) is 21.0. The third-order valence-electron chi connectivity index (χ3n) is 5.27. The van der Waals surface area contributed by atoms with Gasteiger partial charge in [0.25, 0.3) is 0 Å². The quantitative estimate of drug-likeness (QED) is 0.639. The fourth-order valence-corrected chi connectivity index (χ4v) is 4.51. The highest BCUT2D eigenvalue weighted by atomic mass is 32.1.